The first-order valence-corrected chi connectivity index (χ1v) is 8.13. The van der Waals surface area contributed by atoms with Gasteiger partial charge in [0.15, 0.2) is 0 Å². The topological polar surface area (TPSA) is 85.1 Å². The summed E-state index contributed by atoms with van der Waals surface area (Å²) >= 11 is 6.99. The smallest absolute Gasteiger partial charge is 0.253 e. The molecule has 1 amide bonds. The molecule has 0 saturated carbocycles. The highest BCUT2D eigenvalue weighted by Gasteiger charge is 2.11. The number of aromatic nitrogens is 5. The Bertz CT molecular complexity index is 864. The number of hydrogen-bond donors (Lipinski definition) is 1. The van der Waals surface area contributed by atoms with Crippen LogP contribution in [0, 0.1) is 13.8 Å². The van der Waals surface area contributed by atoms with Gasteiger partial charge in [0.25, 0.3) is 5.78 Å². The number of rotatable bonds is 4. The lowest BCUT2D eigenvalue weighted by molar-refractivity contribution is -0.113. The molecule has 0 aromatic carbocycles. The van der Waals surface area contributed by atoms with E-state index >= 15 is 0 Å². The zero-order chi connectivity index (χ0) is 16.4. The fraction of sp³-hybridized carbons (Fsp3) is 0.214. The van der Waals surface area contributed by atoms with Crippen molar-refractivity contribution in [3.05, 3.63) is 40.8 Å². The molecule has 0 unspecified atom stereocenters. The summed E-state index contributed by atoms with van der Waals surface area (Å²) in [5, 5.41) is 8.05. The lowest BCUT2D eigenvalue weighted by Crippen LogP contribution is -2.14. The highest BCUT2D eigenvalue weighted by molar-refractivity contribution is 7.99. The van der Waals surface area contributed by atoms with Crippen LogP contribution in [0.15, 0.2) is 29.6 Å². The monoisotopic (exact) mass is 348 g/mol. The van der Waals surface area contributed by atoms with E-state index in [-0.39, 0.29) is 11.7 Å². The van der Waals surface area contributed by atoms with Crippen molar-refractivity contribution < 1.29 is 4.79 Å². The average Bonchev–Trinajstić information content (AvgIpc) is 2.91. The Labute approximate surface area is 141 Å². The van der Waals surface area contributed by atoms with E-state index in [0.717, 1.165) is 11.4 Å². The van der Waals surface area contributed by atoms with Crippen molar-refractivity contribution in [1.29, 1.82) is 0 Å². The number of hydrogen-bond acceptors (Lipinski definition) is 6. The summed E-state index contributed by atoms with van der Waals surface area (Å²) < 4.78 is 1.66. The molecule has 0 aliphatic carbocycles. The predicted molar refractivity (Wildman–Crippen MR) is 88.9 cm³/mol. The van der Waals surface area contributed by atoms with Crippen molar-refractivity contribution in [3.8, 4) is 0 Å². The zero-order valence-electron chi connectivity index (χ0n) is 12.4. The molecule has 3 aromatic heterocycles. The third kappa shape index (κ3) is 3.77. The summed E-state index contributed by atoms with van der Waals surface area (Å²) in [4.78, 5) is 24.6. The molecule has 0 radical (unpaired) electrons. The van der Waals surface area contributed by atoms with Crippen LogP contribution in [-0.4, -0.2) is 36.2 Å². The maximum atomic E-state index is 11.9. The van der Waals surface area contributed by atoms with Crippen molar-refractivity contribution in [2.75, 3.05) is 11.1 Å². The average molecular weight is 349 g/mol. The first-order valence-electron chi connectivity index (χ1n) is 6.76. The van der Waals surface area contributed by atoms with Gasteiger partial charge in [0, 0.05) is 17.6 Å². The lowest BCUT2D eigenvalue weighted by atomic mass is 10.4. The van der Waals surface area contributed by atoms with Gasteiger partial charge in [-0.1, -0.05) is 23.4 Å². The van der Waals surface area contributed by atoms with E-state index in [0.29, 0.717) is 21.8 Å². The second-order valence-corrected chi connectivity index (χ2v) is 6.22. The number of nitrogens with zero attached hydrogens (tertiary/aromatic N) is 5. The number of anilines is 1. The second kappa shape index (κ2) is 6.51. The third-order valence-corrected chi connectivity index (χ3v) is 3.99. The largest absolute Gasteiger partial charge is 0.310 e. The molecular weight excluding hydrogens is 336 g/mol. The second-order valence-electron chi connectivity index (χ2n) is 4.84. The summed E-state index contributed by atoms with van der Waals surface area (Å²) in [5.74, 6) is 0.976. The maximum Gasteiger partial charge on any atom is 0.253 e. The van der Waals surface area contributed by atoms with Crippen LogP contribution in [0.25, 0.3) is 5.78 Å². The van der Waals surface area contributed by atoms with Gasteiger partial charge in [-0.3, -0.25) is 4.79 Å². The molecule has 3 aromatic rings. The van der Waals surface area contributed by atoms with E-state index in [1.807, 2.05) is 19.9 Å². The molecule has 0 saturated heterocycles. The third-order valence-electron chi connectivity index (χ3n) is 2.93. The molecule has 7 nitrogen and oxygen atoms in total. The van der Waals surface area contributed by atoms with Crippen molar-refractivity contribution in [2.24, 2.45) is 0 Å². The Hall–Kier alpha value is -2.19. The zero-order valence-corrected chi connectivity index (χ0v) is 14.0. The summed E-state index contributed by atoms with van der Waals surface area (Å²) in [6.45, 7) is 3.84. The van der Waals surface area contributed by atoms with Crippen molar-refractivity contribution in [1.82, 2.24) is 24.6 Å². The molecule has 0 atom stereocenters. The van der Waals surface area contributed by atoms with E-state index < -0.39 is 0 Å². The van der Waals surface area contributed by atoms with E-state index in [4.69, 9.17) is 11.6 Å². The van der Waals surface area contributed by atoms with E-state index in [2.05, 4.69) is 25.4 Å². The number of carbonyl (C=O) groups excluding carboxylic acids is 1. The van der Waals surface area contributed by atoms with Crippen LogP contribution >= 0.6 is 23.4 Å². The minimum Gasteiger partial charge on any atom is -0.310 e. The summed E-state index contributed by atoms with van der Waals surface area (Å²) in [5.41, 5.74) is 1.83. The van der Waals surface area contributed by atoms with E-state index in [1.54, 1.807) is 16.6 Å². The highest BCUT2D eigenvalue weighted by atomic mass is 35.5. The van der Waals surface area contributed by atoms with Gasteiger partial charge in [0.1, 0.15) is 5.82 Å². The number of carbonyl (C=O) groups is 1. The van der Waals surface area contributed by atoms with Crippen LogP contribution < -0.4 is 5.32 Å². The number of amides is 1. The Morgan fingerprint density at radius 3 is 2.91 bits per heavy atom. The number of halogens is 1. The molecule has 9 heteroatoms. The number of aryl methyl sites for hydroxylation is 2. The van der Waals surface area contributed by atoms with Crippen LogP contribution in [0.3, 0.4) is 0 Å². The van der Waals surface area contributed by atoms with Gasteiger partial charge in [-0.2, -0.15) is 4.98 Å². The lowest BCUT2D eigenvalue weighted by Gasteiger charge is -2.02. The van der Waals surface area contributed by atoms with E-state index in [1.165, 1.54) is 18.0 Å². The van der Waals surface area contributed by atoms with Crippen molar-refractivity contribution in [3.63, 3.8) is 0 Å². The predicted octanol–water partition coefficient (Wildman–Crippen LogP) is 2.52. The molecular formula is C14H13ClN6OS. The van der Waals surface area contributed by atoms with Gasteiger partial charge in [-0.15, -0.1) is 5.10 Å². The molecule has 0 aliphatic heterocycles. The van der Waals surface area contributed by atoms with Crippen LogP contribution in [-0.2, 0) is 4.79 Å². The first-order chi connectivity index (χ1) is 11.0. The highest BCUT2D eigenvalue weighted by Crippen LogP contribution is 2.16. The van der Waals surface area contributed by atoms with Crippen molar-refractivity contribution >= 4 is 40.9 Å². The Morgan fingerprint density at radius 2 is 2.17 bits per heavy atom. The van der Waals surface area contributed by atoms with Crippen LogP contribution in [0.1, 0.15) is 11.4 Å². The summed E-state index contributed by atoms with van der Waals surface area (Å²) in [7, 11) is 0. The summed E-state index contributed by atoms with van der Waals surface area (Å²) in [6.07, 6.45) is 1.48. The number of fused-ring (bicyclic) bond motifs is 1. The fourth-order valence-corrected chi connectivity index (χ4v) is 2.70. The Morgan fingerprint density at radius 1 is 1.35 bits per heavy atom. The molecule has 0 aliphatic rings. The SMILES string of the molecule is Cc1cc(C)n2nc(SCC(=O)Nc3ccc(Cl)cn3)nc2n1. The number of pyridine rings is 1. The minimum atomic E-state index is -0.190. The van der Waals surface area contributed by atoms with Gasteiger partial charge in [0.2, 0.25) is 11.1 Å². The van der Waals surface area contributed by atoms with Crippen LogP contribution in [0.4, 0.5) is 5.82 Å². The molecule has 3 rings (SSSR count). The molecule has 23 heavy (non-hydrogen) atoms. The minimum absolute atomic E-state index is 0.180. The van der Waals surface area contributed by atoms with Crippen LogP contribution in [0.5, 0.6) is 0 Å². The molecule has 3 heterocycles. The molecule has 118 valence electrons. The summed E-state index contributed by atoms with van der Waals surface area (Å²) in [6, 6.07) is 5.23. The Kier molecular flexibility index (Phi) is 4.44. The Balaban J connectivity index is 1.64. The van der Waals surface area contributed by atoms with Crippen LogP contribution in [0.2, 0.25) is 5.02 Å². The fourth-order valence-electron chi connectivity index (χ4n) is 1.97. The van der Waals surface area contributed by atoms with E-state index in [9.17, 15) is 4.79 Å². The van der Waals surface area contributed by atoms with Gasteiger partial charge in [-0.25, -0.2) is 14.5 Å². The first kappa shape index (κ1) is 15.7. The maximum absolute atomic E-state index is 11.9. The quantitative estimate of drug-likeness (QED) is 0.729. The number of nitrogens with one attached hydrogen (secondary N) is 1. The van der Waals surface area contributed by atoms with Gasteiger partial charge in [0.05, 0.1) is 10.8 Å². The normalized spacial score (nSPS) is 10.9. The van der Waals surface area contributed by atoms with Crippen molar-refractivity contribution in [2.45, 2.75) is 19.0 Å². The molecule has 1 N–H and O–H groups in total. The standard InChI is InChI=1S/C14H13ClN6OS/c1-8-5-9(2)21-13(17-8)19-14(20-21)23-7-12(22)18-11-4-3-10(15)6-16-11/h3-6H,7H2,1-2H3,(H,16,18,22). The van der Waals surface area contributed by atoms with Gasteiger partial charge < -0.3 is 5.32 Å². The molecule has 0 spiro atoms. The van der Waals surface area contributed by atoms with Gasteiger partial charge in [-0.05, 0) is 32.0 Å². The molecule has 0 fully saturated rings. The van der Waals surface area contributed by atoms with Gasteiger partial charge >= 0.3 is 0 Å². The number of thioether (sulfide) groups is 1. The molecule has 0 bridgehead atoms.